The minimum Gasteiger partial charge on any atom is -0.465 e. The number of alkyl halides is 1. The number of nitrogen functional groups attached to an aromatic ring is 1. The van der Waals surface area contributed by atoms with Crippen LogP contribution < -0.4 is 11.3 Å². The molecule has 0 saturated carbocycles. The molecule has 7 heteroatoms. The first-order chi connectivity index (χ1) is 10.8. The van der Waals surface area contributed by atoms with Gasteiger partial charge in [-0.3, -0.25) is 9.36 Å². The number of ether oxygens (including phenoxy) is 1. The molecule has 1 aromatic heterocycles. The van der Waals surface area contributed by atoms with Crippen LogP contribution in [-0.4, -0.2) is 22.6 Å². The molecular formula is C16H18FN3O3. The average molecular weight is 319 g/mol. The normalized spacial score (nSPS) is 12.0. The Morgan fingerprint density at radius 1 is 1.35 bits per heavy atom. The lowest BCUT2D eigenvalue weighted by Gasteiger charge is -2.16. The van der Waals surface area contributed by atoms with Gasteiger partial charge in [-0.05, 0) is 37.5 Å². The Bertz CT molecular complexity index is 805. The third-order valence-corrected chi connectivity index (χ3v) is 3.60. The molecule has 23 heavy (non-hydrogen) atoms. The molecule has 2 N–H and O–H groups in total. The molecule has 0 saturated heterocycles. The van der Waals surface area contributed by atoms with Gasteiger partial charge in [-0.2, -0.15) is 0 Å². The Labute approximate surface area is 132 Å². The highest BCUT2D eigenvalue weighted by molar-refractivity contribution is 5.93. The van der Waals surface area contributed by atoms with Crippen LogP contribution >= 0.6 is 0 Å². The highest BCUT2D eigenvalue weighted by Crippen LogP contribution is 2.25. The molecule has 0 radical (unpaired) electrons. The first-order valence-electron chi connectivity index (χ1n) is 6.99. The maximum atomic E-state index is 13.5. The van der Waals surface area contributed by atoms with Crippen molar-refractivity contribution in [3.8, 4) is 5.69 Å². The van der Waals surface area contributed by atoms with Gasteiger partial charge in [-0.1, -0.05) is 12.1 Å². The van der Waals surface area contributed by atoms with E-state index in [1.165, 1.54) is 17.8 Å². The van der Waals surface area contributed by atoms with Crippen molar-refractivity contribution in [2.24, 2.45) is 0 Å². The Morgan fingerprint density at radius 3 is 2.39 bits per heavy atom. The van der Waals surface area contributed by atoms with E-state index in [1.54, 1.807) is 26.0 Å². The molecule has 6 nitrogen and oxygen atoms in total. The Hall–Kier alpha value is -2.70. The fourth-order valence-corrected chi connectivity index (χ4v) is 2.52. The van der Waals surface area contributed by atoms with Crippen LogP contribution in [0.25, 0.3) is 5.69 Å². The second-order valence-corrected chi connectivity index (χ2v) is 5.29. The lowest BCUT2D eigenvalue weighted by Crippen LogP contribution is -2.29. The second kappa shape index (κ2) is 6.20. The number of rotatable bonds is 3. The van der Waals surface area contributed by atoms with Crippen LogP contribution in [0.5, 0.6) is 0 Å². The van der Waals surface area contributed by atoms with E-state index in [9.17, 15) is 14.0 Å². The van der Waals surface area contributed by atoms with Crippen molar-refractivity contribution in [1.29, 1.82) is 0 Å². The minimum absolute atomic E-state index is 0.192. The SMILES string of the molecule is COC(=O)c1c(N)ncn(-c2c(C)cc([C@H](C)F)cc2C)c1=O. The number of methoxy groups -OCH3 is 1. The van der Waals surface area contributed by atoms with Gasteiger partial charge in [0.15, 0.2) is 5.56 Å². The van der Waals surface area contributed by atoms with Gasteiger partial charge in [-0.15, -0.1) is 0 Å². The van der Waals surface area contributed by atoms with E-state index in [1.807, 2.05) is 0 Å². The smallest absolute Gasteiger partial charge is 0.347 e. The fourth-order valence-electron chi connectivity index (χ4n) is 2.52. The van der Waals surface area contributed by atoms with E-state index in [0.717, 1.165) is 7.11 Å². The summed E-state index contributed by atoms with van der Waals surface area (Å²) < 4.78 is 19.3. The third kappa shape index (κ3) is 2.94. The summed E-state index contributed by atoms with van der Waals surface area (Å²) in [5.41, 5.74) is 7.10. The summed E-state index contributed by atoms with van der Waals surface area (Å²) >= 11 is 0. The van der Waals surface area contributed by atoms with Crippen molar-refractivity contribution < 1.29 is 13.9 Å². The van der Waals surface area contributed by atoms with E-state index in [4.69, 9.17) is 5.73 Å². The van der Waals surface area contributed by atoms with Crippen LogP contribution in [0.15, 0.2) is 23.3 Å². The zero-order valence-corrected chi connectivity index (χ0v) is 13.4. The molecular weight excluding hydrogens is 301 g/mol. The highest BCUT2D eigenvalue weighted by Gasteiger charge is 2.20. The number of aryl methyl sites for hydroxylation is 2. The number of nitrogens with two attached hydrogens (primary N) is 1. The van der Waals surface area contributed by atoms with Crippen molar-refractivity contribution in [3.05, 3.63) is 51.1 Å². The standard InChI is InChI=1S/C16H18FN3O3/c1-8-5-11(10(3)17)6-9(2)13(8)20-7-19-14(18)12(15(20)21)16(22)23-4/h5-7,10H,18H2,1-4H3/t10-/m0/s1. The summed E-state index contributed by atoms with van der Waals surface area (Å²) in [4.78, 5) is 28.2. The van der Waals surface area contributed by atoms with E-state index < -0.39 is 17.7 Å². The molecule has 1 atom stereocenters. The van der Waals surface area contributed by atoms with Crippen LogP contribution in [0.3, 0.4) is 0 Å². The van der Waals surface area contributed by atoms with Crippen molar-refractivity contribution >= 4 is 11.8 Å². The maximum absolute atomic E-state index is 13.5. The van der Waals surface area contributed by atoms with Crippen LogP contribution in [0.4, 0.5) is 10.2 Å². The molecule has 122 valence electrons. The number of esters is 1. The zero-order chi connectivity index (χ0) is 17.3. The molecule has 0 unspecified atom stereocenters. The van der Waals surface area contributed by atoms with E-state index in [0.29, 0.717) is 22.4 Å². The topological polar surface area (TPSA) is 87.2 Å². The number of anilines is 1. The maximum Gasteiger partial charge on any atom is 0.347 e. The van der Waals surface area contributed by atoms with Crippen LogP contribution in [-0.2, 0) is 4.74 Å². The molecule has 1 heterocycles. The monoisotopic (exact) mass is 319 g/mol. The number of halogens is 1. The first kappa shape index (κ1) is 16.7. The molecule has 0 aliphatic carbocycles. The number of benzene rings is 1. The Morgan fingerprint density at radius 2 is 1.91 bits per heavy atom. The Kier molecular flexibility index (Phi) is 4.49. The average Bonchev–Trinajstić information content (AvgIpc) is 2.48. The molecule has 0 bridgehead atoms. The van der Waals surface area contributed by atoms with E-state index >= 15 is 0 Å². The minimum atomic E-state index is -1.12. The van der Waals surface area contributed by atoms with Gasteiger partial charge >= 0.3 is 5.97 Å². The summed E-state index contributed by atoms with van der Waals surface area (Å²) in [6.45, 7) is 4.96. The van der Waals surface area contributed by atoms with Crippen molar-refractivity contribution in [3.63, 3.8) is 0 Å². The molecule has 0 aliphatic rings. The molecule has 0 fully saturated rings. The van der Waals surface area contributed by atoms with Crippen molar-refractivity contribution in [1.82, 2.24) is 9.55 Å². The number of carbonyl (C=O) groups excluding carboxylic acids is 1. The van der Waals surface area contributed by atoms with Gasteiger partial charge < -0.3 is 10.5 Å². The van der Waals surface area contributed by atoms with Gasteiger partial charge in [0, 0.05) is 0 Å². The quantitative estimate of drug-likeness (QED) is 0.877. The van der Waals surface area contributed by atoms with Crippen LogP contribution in [0.1, 0.15) is 40.1 Å². The lowest BCUT2D eigenvalue weighted by molar-refractivity contribution is 0.0599. The molecule has 0 spiro atoms. The van der Waals surface area contributed by atoms with Crippen LogP contribution in [0, 0.1) is 13.8 Å². The van der Waals surface area contributed by atoms with Gasteiger partial charge in [-0.25, -0.2) is 14.2 Å². The predicted octanol–water partition coefficient (Wildman–Crippen LogP) is 2.25. The highest BCUT2D eigenvalue weighted by atomic mass is 19.1. The van der Waals surface area contributed by atoms with Gasteiger partial charge in [0.2, 0.25) is 0 Å². The summed E-state index contributed by atoms with van der Waals surface area (Å²) in [6.07, 6.45) is 0.131. The van der Waals surface area contributed by atoms with Crippen molar-refractivity contribution in [2.75, 3.05) is 12.8 Å². The molecule has 1 aromatic carbocycles. The summed E-state index contributed by atoms with van der Waals surface area (Å²) in [5, 5.41) is 0. The molecule has 2 rings (SSSR count). The molecule has 2 aromatic rings. The summed E-state index contributed by atoms with van der Waals surface area (Å²) in [5.74, 6) is -1.04. The fraction of sp³-hybridized carbons (Fsp3) is 0.312. The van der Waals surface area contributed by atoms with E-state index in [-0.39, 0.29) is 11.4 Å². The van der Waals surface area contributed by atoms with Gasteiger partial charge in [0.25, 0.3) is 5.56 Å². The van der Waals surface area contributed by atoms with Gasteiger partial charge in [0.05, 0.1) is 12.8 Å². The van der Waals surface area contributed by atoms with Crippen molar-refractivity contribution in [2.45, 2.75) is 26.9 Å². The predicted molar refractivity (Wildman–Crippen MR) is 84.6 cm³/mol. The van der Waals surface area contributed by atoms with Crippen LogP contribution in [0.2, 0.25) is 0 Å². The zero-order valence-electron chi connectivity index (χ0n) is 13.4. The van der Waals surface area contributed by atoms with E-state index in [2.05, 4.69) is 9.72 Å². The number of hydrogen-bond donors (Lipinski definition) is 1. The first-order valence-corrected chi connectivity index (χ1v) is 6.99. The second-order valence-electron chi connectivity index (χ2n) is 5.29. The number of carbonyl (C=O) groups is 1. The lowest BCUT2D eigenvalue weighted by atomic mass is 10.0. The molecule has 0 aliphatic heterocycles. The molecule has 0 amide bonds. The third-order valence-electron chi connectivity index (χ3n) is 3.60. The van der Waals surface area contributed by atoms with Gasteiger partial charge in [0.1, 0.15) is 18.3 Å². The largest absolute Gasteiger partial charge is 0.465 e. The summed E-state index contributed by atoms with van der Waals surface area (Å²) in [7, 11) is 1.16. The number of aromatic nitrogens is 2. The number of nitrogens with zero attached hydrogens (tertiary/aromatic N) is 2. The summed E-state index contributed by atoms with van der Waals surface area (Å²) in [6, 6.07) is 3.32. The number of hydrogen-bond acceptors (Lipinski definition) is 5. The Balaban J connectivity index is 2.74.